The van der Waals surface area contributed by atoms with Crippen molar-refractivity contribution in [2.24, 2.45) is 18.9 Å². The third-order valence-corrected chi connectivity index (χ3v) is 5.89. The lowest BCUT2D eigenvalue weighted by Crippen LogP contribution is -2.30. The molecule has 26 heavy (non-hydrogen) atoms. The number of rotatable bonds is 6. The molecule has 0 radical (unpaired) electrons. The molecule has 6 nitrogen and oxygen atoms in total. The number of carbonyl (C=O) groups is 1. The number of carbonyl (C=O) groups excluding carboxylic acids is 1. The number of hydrogen-bond acceptors (Lipinski definition) is 4. The minimum Gasteiger partial charge on any atom is -0.464 e. The minimum atomic E-state index is 0.0955. The molecule has 1 amide bonds. The van der Waals surface area contributed by atoms with Crippen LogP contribution in [-0.4, -0.2) is 46.1 Å². The molecule has 1 saturated carbocycles. The maximum absolute atomic E-state index is 12.3. The van der Waals surface area contributed by atoms with E-state index in [-0.39, 0.29) is 17.9 Å². The van der Waals surface area contributed by atoms with E-state index in [1.807, 2.05) is 31.4 Å². The van der Waals surface area contributed by atoms with Crippen LogP contribution in [-0.2, 0) is 18.4 Å². The standard InChI is InChI=1S/C20H28N4O2/c1-13-7-17(13)18-6-5-16(26-18)12-22(2)10-14-8-19(25)24(4)20(14)15-9-21-23(3)11-15/h5-6,9,11,13-14,17,20H,7-8,10,12H2,1-4H3/t13-,14-,17+,20+/m0/s1. The second-order valence-electron chi connectivity index (χ2n) is 8.18. The third kappa shape index (κ3) is 3.30. The van der Waals surface area contributed by atoms with Crippen LogP contribution in [0.3, 0.4) is 0 Å². The topological polar surface area (TPSA) is 54.5 Å². The van der Waals surface area contributed by atoms with Crippen molar-refractivity contribution in [3.8, 4) is 0 Å². The predicted molar refractivity (Wildman–Crippen MR) is 98.4 cm³/mol. The van der Waals surface area contributed by atoms with Gasteiger partial charge in [0, 0.05) is 50.7 Å². The number of likely N-dealkylation sites (tertiary alicyclic amines) is 1. The lowest BCUT2D eigenvalue weighted by atomic mass is 9.95. The molecule has 4 rings (SSSR count). The summed E-state index contributed by atoms with van der Waals surface area (Å²) in [4.78, 5) is 16.4. The summed E-state index contributed by atoms with van der Waals surface area (Å²) in [5.41, 5.74) is 1.11. The second-order valence-corrected chi connectivity index (χ2v) is 8.18. The fourth-order valence-corrected chi connectivity index (χ4v) is 4.33. The summed E-state index contributed by atoms with van der Waals surface area (Å²) in [5.74, 6) is 3.99. The van der Waals surface area contributed by atoms with Crippen LogP contribution in [0.4, 0.5) is 0 Å². The molecule has 2 aromatic heterocycles. The van der Waals surface area contributed by atoms with Crippen LogP contribution in [0.5, 0.6) is 0 Å². The summed E-state index contributed by atoms with van der Waals surface area (Å²) in [7, 11) is 5.91. The molecule has 1 saturated heterocycles. The SMILES string of the molecule is C[C@H]1C[C@H]1c1ccc(CN(C)C[C@@H]2CC(=O)N(C)[C@H]2c2cnn(C)c2)o1. The average molecular weight is 356 g/mol. The molecule has 2 fully saturated rings. The van der Waals surface area contributed by atoms with Gasteiger partial charge in [0.2, 0.25) is 5.91 Å². The summed E-state index contributed by atoms with van der Waals surface area (Å²) < 4.78 is 7.84. The van der Waals surface area contributed by atoms with Gasteiger partial charge >= 0.3 is 0 Å². The van der Waals surface area contributed by atoms with Crippen molar-refractivity contribution in [1.29, 1.82) is 0 Å². The molecule has 0 aromatic carbocycles. The fourth-order valence-electron chi connectivity index (χ4n) is 4.33. The van der Waals surface area contributed by atoms with Gasteiger partial charge in [0.05, 0.1) is 18.8 Å². The Morgan fingerprint density at radius 2 is 2.12 bits per heavy atom. The van der Waals surface area contributed by atoms with Gasteiger partial charge in [0.1, 0.15) is 11.5 Å². The lowest BCUT2D eigenvalue weighted by Gasteiger charge is -2.27. The van der Waals surface area contributed by atoms with Crippen LogP contribution in [0.25, 0.3) is 0 Å². The highest BCUT2D eigenvalue weighted by molar-refractivity contribution is 5.79. The Bertz CT molecular complexity index is 795. The van der Waals surface area contributed by atoms with E-state index < -0.39 is 0 Å². The smallest absolute Gasteiger partial charge is 0.223 e. The first kappa shape index (κ1) is 17.3. The Kier molecular flexibility index (Phi) is 4.39. The molecule has 0 N–H and O–H groups in total. The van der Waals surface area contributed by atoms with E-state index >= 15 is 0 Å². The van der Waals surface area contributed by atoms with Gasteiger partial charge in [-0.25, -0.2) is 0 Å². The van der Waals surface area contributed by atoms with E-state index in [1.165, 1.54) is 6.42 Å². The van der Waals surface area contributed by atoms with Crippen molar-refractivity contribution in [1.82, 2.24) is 19.6 Å². The van der Waals surface area contributed by atoms with Gasteiger partial charge in [-0.15, -0.1) is 0 Å². The summed E-state index contributed by atoms with van der Waals surface area (Å²) in [5, 5.41) is 4.28. The van der Waals surface area contributed by atoms with Crippen LogP contribution < -0.4 is 0 Å². The van der Waals surface area contributed by atoms with Gasteiger partial charge in [0.25, 0.3) is 0 Å². The number of nitrogens with zero attached hydrogens (tertiary/aromatic N) is 4. The van der Waals surface area contributed by atoms with Crippen molar-refractivity contribution >= 4 is 5.91 Å². The number of furan rings is 1. The van der Waals surface area contributed by atoms with Crippen molar-refractivity contribution in [3.63, 3.8) is 0 Å². The monoisotopic (exact) mass is 356 g/mol. The highest BCUT2D eigenvalue weighted by Crippen LogP contribution is 2.47. The van der Waals surface area contributed by atoms with Crippen molar-refractivity contribution < 1.29 is 9.21 Å². The number of aryl methyl sites for hydroxylation is 1. The summed E-state index contributed by atoms with van der Waals surface area (Å²) in [6.45, 7) is 3.89. The van der Waals surface area contributed by atoms with Crippen molar-refractivity contribution in [2.45, 2.75) is 38.3 Å². The van der Waals surface area contributed by atoms with E-state index in [2.05, 4.69) is 36.1 Å². The lowest BCUT2D eigenvalue weighted by molar-refractivity contribution is -0.127. The number of aromatic nitrogens is 2. The molecule has 4 atom stereocenters. The molecule has 1 aliphatic heterocycles. The molecule has 0 bridgehead atoms. The number of hydrogen-bond donors (Lipinski definition) is 0. The minimum absolute atomic E-state index is 0.0955. The molecule has 2 aromatic rings. The van der Waals surface area contributed by atoms with Crippen molar-refractivity contribution in [3.05, 3.63) is 41.6 Å². The Balaban J connectivity index is 1.41. The first-order valence-electron chi connectivity index (χ1n) is 9.43. The zero-order valence-electron chi connectivity index (χ0n) is 16.1. The van der Waals surface area contributed by atoms with Gasteiger partial charge in [-0.3, -0.25) is 14.4 Å². The first-order valence-corrected chi connectivity index (χ1v) is 9.43. The van der Waals surface area contributed by atoms with Gasteiger partial charge in [-0.1, -0.05) is 6.92 Å². The molecule has 1 aliphatic carbocycles. The average Bonchev–Trinajstić information content (AvgIpc) is 2.90. The maximum atomic E-state index is 12.3. The summed E-state index contributed by atoms with van der Waals surface area (Å²) in [6, 6.07) is 4.32. The van der Waals surface area contributed by atoms with Gasteiger partial charge in [-0.2, -0.15) is 5.10 Å². The Labute approximate surface area is 154 Å². The first-order chi connectivity index (χ1) is 12.4. The Morgan fingerprint density at radius 1 is 1.35 bits per heavy atom. The molecular formula is C20H28N4O2. The molecular weight excluding hydrogens is 328 g/mol. The predicted octanol–water partition coefficient (Wildman–Crippen LogP) is 2.79. The normalized spacial score (nSPS) is 28.3. The van der Waals surface area contributed by atoms with Crippen LogP contribution in [0.15, 0.2) is 28.9 Å². The van der Waals surface area contributed by atoms with E-state index in [4.69, 9.17) is 4.42 Å². The van der Waals surface area contributed by atoms with Crippen LogP contribution in [0.2, 0.25) is 0 Å². The maximum Gasteiger partial charge on any atom is 0.223 e. The zero-order valence-corrected chi connectivity index (χ0v) is 16.1. The molecule has 6 heteroatoms. The van der Waals surface area contributed by atoms with Gasteiger partial charge < -0.3 is 9.32 Å². The highest BCUT2D eigenvalue weighted by atomic mass is 16.3. The van der Waals surface area contributed by atoms with Gasteiger partial charge in [-0.05, 0) is 31.5 Å². The largest absolute Gasteiger partial charge is 0.464 e. The molecule has 2 aliphatic rings. The zero-order chi connectivity index (χ0) is 18.4. The van der Waals surface area contributed by atoms with Crippen LogP contribution in [0, 0.1) is 11.8 Å². The number of amides is 1. The third-order valence-electron chi connectivity index (χ3n) is 5.89. The Morgan fingerprint density at radius 3 is 2.77 bits per heavy atom. The highest BCUT2D eigenvalue weighted by Gasteiger charge is 2.40. The van der Waals surface area contributed by atoms with Gasteiger partial charge in [0.15, 0.2) is 0 Å². The van der Waals surface area contributed by atoms with E-state index in [0.717, 1.165) is 36.1 Å². The van der Waals surface area contributed by atoms with E-state index in [9.17, 15) is 4.79 Å². The van der Waals surface area contributed by atoms with E-state index in [0.29, 0.717) is 12.3 Å². The van der Waals surface area contributed by atoms with Crippen LogP contribution >= 0.6 is 0 Å². The van der Waals surface area contributed by atoms with Crippen molar-refractivity contribution in [2.75, 3.05) is 20.6 Å². The van der Waals surface area contributed by atoms with Crippen LogP contribution in [0.1, 0.15) is 48.8 Å². The molecule has 3 heterocycles. The summed E-state index contributed by atoms with van der Waals surface area (Å²) in [6.07, 6.45) is 5.72. The second kappa shape index (κ2) is 6.58. The molecule has 0 spiro atoms. The molecule has 0 unspecified atom stereocenters. The van der Waals surface area contributed by atoms with E-state index in [1.54, 1.807) is 4.68 Å². The molecule has 140 valence electrons. The fraction of sp³-hybridized carbons (Fsp3) is 0.600. The summed E-state index contributed by atoms with van der Waals surface area (Å²) >= 11 is 0. The Hall–Kier alpha value is -2.08. The quantitative estimate of drug-likeness (QED) is 0.799.